The van der Waals surface area contributed by atoms with Gasteiger partial charge in [-0.1, -0.05) is 24.8 Å². The van der Waals surface area contributed by atoms with Crippen molar-refractivity contribution >= 4 is 11.8 Å². The van der Waals surface area contributed by atoms with Gasteiger partial charge in [0.25, 0.3) is 0 Å². The molecule has 0 saturated heterocycles. The van der Waals surface area contributed by atoms with Gasteiger partial charge in [-0.2, -0.15) is 0 Å². The zero-order chi connectivity index (χ0) is 15.5. The predicted molar refractivity (Wildman–Crippen MR) is 86.3 cm³/mol. The van der Waals surface area contributed by atoms with Gasteiger partial charge in [-0.05, 0) is 37.1 Å². The average Bonchev–Trinajstić information content (AvgIpc) is 3.13. The highest BCUT2D eigenvalue weighted by molar-refractivity contribution is 7.98. The van der Waals surface area contributed by atoms with Crippen LogP contribution in [0.5, 0.6) is 0 Å². The van der Waals surface area contributed by atoms with E-state index in [0.717, 1.165) is 17.3 Å². The van der Waals surface area contributed by atoms with Crippen molar-refractivity contribution in [3.8, 4) is 5.69 Å². The van der Waals surface area contributed by atoms with Gasteiger partial charge >= 0.3 is 0 Å². The third-order valence-corrected chi connectivity index (χ3v) is 4.18. The Balaban J connectivity index is 1.79. The summed E-state index contributed by atoms with van der Waals surface area (Å²) in [5, 5.41) is 8.94. The van der Waals surface area contributed by atoms with Gasteiger partial charge < -0.3 is 4.42 Å². The largest absolute Gasteiger partial charge is 0.424 e. The maximum atomic E-state index is 5.53. The van der Waals surface area contributed by atoms with Gasteiger partial charge in [0, 0.05) is 24.5 Å². The Morgan fingerprint density at radius 2 is 1.82 bits per heavy atom. The smallest absolute Gasteiger partial charge is 0.226 e. The summed E-state index contributed by atoms with van der Waals surface area (Å²) in [6, 6.07) is 6.47. The first-order chi connectivity index (χ1) is 10.7. The van der Waals surface area contributed by atoms with Crippen LogP contribution in [0, 0.1) is 13.8 Å². The number of thioether (sulfide) groups is 1. The molecule has 0 N–H and O–H groups in total. The minimum atomic E-state index is 0.620. The molecule has 0 atom stereocenters. The number of nitrogens with zero attached hydrogens (tertiary/aromatic N) is 4. The Morgan fingerprint density at radius 1 is 1.09 bits per heavy atom. The second kappa shape index (κ2) is 6.36. The lowest BCUT2D eigenvalue weighted by molar-refractivity contribution is 0.470. The van der Waals surface area contributed by atoms with Crippen molar-refractivity contribution in [1.29, 1.82) is 0 Å². The monoisotopic (exact) mass is 314 g/mol. The van der Waals surface area contributed by atoms with Crippen molar-refractivity contribution in [2.24, 2.45) is 0 Å². The zero-order valence-electron chi connectivity index (χ0n) is 12.9. The number of rotatable bonds is 5. The van der Waals surface area contributed by atoms with Gasteiger partial charge in [0.05, 0.1) is 5.75 Å². The van der Waals surface area contributed by atoms with E-state index in [1.807, 2.05) is 19.3 Å². The lowest BCUT2D eigenvalue weighted by Gasteiger charge is -2.09. The van der Waals surface area contributed by atoms with Crippen LogP contribution in [0.15, 0.2) is 40.2 Å². The molecule has 3 rings (SSSR count). The van der Waals surface area contributed by atoms with Crippen molar-refractivity contribution in [2.45, 2.75) is 38.1 Å². The van der Waals surface area contributed by atoms with Crippen molar-refractivity contribution < 1.29 is 4.42 Å². The van der Waals surface area contributed by atoms with E-state index < -0.39 is 0 Å². The topological polar surface area (TPSA) is 56.7 Å². The number of benzene rings is 1. The Labute approximate surface area is 133 Å². The second-order valence-corrected chi connectivity index (χ2v) is 6.10. The summed E-state index contributed by atoms with van der Waals surface area (Å²) in [6.45, 7) is 6.20. The van der Waals surface area contributed by atoms with Crippen LogP contribution in [0.25, 0.3) is 5.69 Å². The van der Waals surface area contributed by atoms with Crippen LogP contribution in [-0.2, 0) is 12.2 Å². The lowest BCUT2D eigenvalue weighted by atomic mass is 10.1. The molecule has 0 fully saturated rings. The average molecular weight is 314 g/mol. The van der Waals surface area contributed by atoms with Gasteiger partial charge in [-0.15, -0.1) is 10.2 Å². The van der Waals surface area contributed by atoms with E-state index >= 15 is 0 Å². The molecule has 6 heteroatoms. The van der Waals surface area contributed by atoms with E-state index in [1.165, 1.54) is 11.1 Å². The highest BCUT2D eigenvalue weighted by atomic mass is 32.2. The Hall–Kier alpha value is -2.08. The molecule has 0 unspecified atom stereocenters. The normalized spacial score (nSPS) is 11.0. The van der Waals surface area contributed by atoms with E-state index in [9.17, 15) is 0 Å². The van der Waals surface area contributed by atoms with E-state index in [1.54, 1.807) is 11.8 Å². The predicted octanol–water partition coefficient (Wildman–Crippen LogP) is 3.73. The highest BCUT2D eigenvalue weighted by Gasteiger charge is 2.10. The summed E-state index contributed by atoms with van der Waals surface area (Å²) in [6.07, 6.45) is 4.54. The molecule has 0 aliphatic heterocycles. The van der Waals surface area contributed by atoms with Crippen molar-refractivity contribution in [1.82, 2.24) is 19.7 Å². The molecular weight excluding hydrogens is 296 g/mol. The zero-order valence-corrected chi connectivity index (χ0v) is 13.7. The summed E-state index contributed by atoms with van der Waals surface area (Å²) >= 11 is 1.59. The van der Waals surface area contributed by atoms with Gasteiger partial charge in [0.1, 0.15) is 0 Å². The van der Waals surface area contributed by atoms with Gasteiger partial charge in [-0.3, -0.25) is 4.57 Å². The van der Waals surface area contributed by atoms with E-state index in [4.69, 9.17) is 4.42 Å². The quantitative estimate of drug-likeness (QED) is 0.672. The van der Waals surface area contributed by atoms with Crippen LogP contribution >= 0.6 is 11.8 Å². The van der Waals surface area contributed by atoms with Crippen LogP contribution in [0.2, 0.25) is 0 Å². The van der Waals surface area contributed by atoms with Crippen LogP contribution < -0.4 is 0 Å². The Morgan fingerprint density at radius 3 is 2.50 bits per heavy atom. The molecule has 1 aromatic carbocycles. The molecule has 22 heavy (non-hydrogen) atoms. The molecule has 2 heterocycles. The number of imidazole rings is 1. The molecule has 0 aliphatic carbocycles. The maximum absolute atomic E-state index is 5.53. The summed E-state index contributed by atoms with van der Waals surface area (Å²) in [4.78, 5) is 4.43. The summed E-state index contributed by atoms with van der Waals surface area (Å²) in [5.41, 5.74) is 3.60. The molecule has 0 bridgehead atoms. The number of hydrogen-bond donors (Lipinski definition) is 0. The molecule has 0 radical (unpaired) electrons. The first-order valence-electron chi connectivity index (χ1n) is 7.22. The van der Waals surface area contributed by atoms with Gasteiger partial charge in [0.2, 0.25) is 11.8 Å². The van der Waals surface area contributed by atoms with Gasteiger partial charge in [-0.25, -0.2) is 4.98 Å². The number of aromatic nitrogens is 4. The fourth-order valence-electron chi connectivity index (χ4n) is 2.30. The highest BCUT2D eigenvalue weighted by Crippen LogP contribution is 2.24. The minimum Gasteiger partial charge on any atom is -0.424 e. The standard InChI is InChI=1S/C16H18N4OS/c1-4-14-18-19-15(21-14)10-22-16-17-5-6-20(16)13-8-11(2)7-12(3)9-13/h5-9H,4,10H2,1-3H3. The van der Waals surface area contributed by atoms with Crippen LogP contribution in [0.3, 0.4) is 0 Å². The SMILES string of the molecule is CCc1nnc(CSc2nccn2-c2cc(C)cc(C)c2)o1. The maximum Gasteiger partial charge on any atom is 0.226 e. The molecule has 2 aromatic heterocycles. The van der Waals surface area contributed by atoms with E-state index in [-0.39, 0.29) is 0 Å². The number of hydrogen-bond acceptors (Lipinski definition) is 5. The third kappa shape index (κ3) is 3.22. The first kappa shape index (κ1) is 14.8. The number of aryl methyl sites for hydroxylation is 3. The molecule has 5 nitrogen and oxygen atoms in total. The molecule has 3 aromatic rings. The third-order valence-electron chi connectivity index (χ3n) is 3.23. The summed E-state index contributed by atoms with van der Waals surface area (Å²) in [5.74, 6) is 1.93. The van der Waals surface area contributed by atoms with Crippen LogP contribution in [-0.4, -0.2) is 19.7 Å². The van der Waals surface area contributed by atoms with E-state index in [0.29, 0.717) is 17.5 Å². The molecule has 0 saturated carbocycles. The van der Waals surface area contributed by atoms with E-state index in [2.05, 4.69) is 51.8 Å². The lowest BCUT2D eigenvalue weighted by Crippen LogP contribution is -1.97. The second-order valence-electron chi connectivity index (χ2n) is 5.16. The molecule has 0 spiro atoms. The van der Waals surface area contributed by atoms with Crippen molar-refractivity contribution in [3.63, 3.8) is 0 Å². The van der Waals surface area contributed by atoms with Gasteiger partial charge in [0.15, 0.2) is 5.16 Å². The molecular formula is C16H18N4OS. The Bertz CT molecular complexity index is 758. The Kier molecular flexibility index (Phi) is 4.29. The first-order valence-corrected chi connectivity index (χ1v) is 8.20. The van der Waals surface area contributed by atoms with Crippen molar-refractivity contribution in [3.05, 3.63) is 53.5 Å². The molecule has 0 aliphatic rings. The van der Waals surface area contributed by atoms with Crippen molar-refractivity contribution in [2.75, 3.05) is 0 Å². The molecule has 114 valence electrons. The van der Waals surface area contributed by atoms with Crippen LogP contribution in [0.1, 0.15) is 29.8 Å². The molecule has 0 amide bonds. The van der Waals surface area contributed by atoms with Crippen LogP contribution in [0.4, 0.5) is 0 Å². The summed E-state index contributed by atoms with van der Waals surface area (Å²) < 4.78 is 7.62. The summed E-state index contributed by atoms with van der Waals surface area (Å²) in [7, 11) is 0. The minimum absolute atomic E-state index is 0.620. The fourth-order valence-corrected chi connectivity index (χ4v) is 3.11. The fraction of sp³-hybridized carbons (Fsp3) is 0.312.